The SMILES string of the molecule is O=CCc1cc(C(F)(F)F)n(C(=O)c2ccco2)n1. The van der Waals surface area contributed by atoms with E-state index in [1.54, 1.807) is 0 Å². The molecule has 0 aliphatic heterocycles. The molecule has 8 heteroatoms. The molecule has 5 nitrogen and oxygen atoms in total. The zero-order chi connectivity index (χ0) is 14.0. The highest BCUT2D eigenvalue weighted by Crippen LogP contribution is 2.30. The largest absolute Gasteiger partial charge is 0.459 e. The van der Waals surface area contributed by atoms with Crippen LogP contribution in [-0.4, -0.2) is 22.0 Å². The topological polar surface area (TPSA) is 65.1 Å². The number of furan rings is 1. The average molecular weight is 272 g/mol. The Kier molecular flexibility index (Phi) is 3.24. The van der Waals surface area contributed by atoms with E-state index >= 15 is 0 Å². The normalized spacial score (nSPS) is 11.5. The van der Waals surface area contributed by atoms with Gasteiger partial charge in [0.1, 0.15) is 6.29 Å². The van der Waals surface area contributed by atoms with E-state index in [0.29, 0.717) is 12.4 Å². The van der Waals surface area contributed by atoms with Gasteiger partial charge in [-0.1, -0.05) is 0 Å². The quantitative estimate of drug-likeness (QED) is 0.801. The molecular formula is C11H7F3N2O3. The monoisotopic (exact) mass is 272 g/mol. The molecule has 100 valence electrons. The Morgan fingerprint density at radius 2 is 2.21 bits per heavy atom. The zero-order valence-corrected chi connectivity index (χ0v) is 9.35. The van der Waals surface area contributed by atoms with Crippen molar-refractivity contribution in [3.8, 4) is 0 Å². The van der Waals surface area contributed by atoms with Crippen molar-refractivity contribution in [3.63, 3.8) is 0 Å². The van der Waals surface area contributed by atoms with Crippen LogP contribution >= 0.6 is 0 Å². The highest BCUT2D eigenvalue weighted by atomic mass is 19.4. The van der Waals surface area contributed by atoms with Gasteiger partial charge in [0.25, 0.3) is 0 Å². The van der Waals surface area contributed by atoms with Crippen molar-refractivity contribution in [1.82, 2.24) is 9.78 Å². The third-order valence-electron chi connectivity index (χ3n) is 2.27. The average Bonchev–Trinajstić information content (AvgIpc) is 2.96. The second kappa shape index (κ2) is 4.71. The van der Waals surface area contributed by atoms with E-state index in [9.17, 15) is 22.8 Å². The van der Waals surface area contributed by atoms with Crippen LogP contribution in [0, 0.1) is 0 Å². The number of hydrogen-bond acceptors (Lipinski definition) is 4. The maximum Gasteiger partial charge on any atom is 0.433 e. The molecule has 0 amide bonds. The summed E-state index contributed by atoms with van der Waals surface area (Å²) in [5.41, 5.74) is -1.38. The Labute approximate surface area is 104 Å². The lowest BCUT2D eigenvalue weighted by molar-refractivity contribution is -0.143. The standard InChI is InChI=1S/C11H7F3N2O3/c12-11(13,14)9-6-7(3-4-17)15-16(9)10(18)8-2-1-5-19-8/h1-2,4-6H,3H2. The molecule has 2 rings (SSSR count). The number of aromatic nitrogens is 2. The minimum atomic E-state index is -4.75. The summed E-state index contributed by atoms with van der Waals surface area (Å²) in [4.78, 5) is 22.1. The van der Waals surface area contributed by atoms with E-state index in [0.717, 1.165) is 6.26 Å². The number of halogens is 3. The van der Waals surface area contributed by atoms with Gasteiger partial charge in [-0.2, -0.15) is 23.0 Å². The minimum absolute atomic E-state index is 0.137. The predicted molar refractivity (Wildman–Crippen MR) is 55.4 cm³/mol. The lowest BCUT2D eigenvalue weighted by Gasteiger charge is -2.07. The third kappa shape index (κ3) is 2.56. The molecule has 0 saturated carbocycles. The lowest BCUT2D eigenvalue weighted by atomic mass is 10.3. The number of aldehydes is 1. The van der Waals surface area contributed by atoms with Crippen molar-refractivity contribution in [2.24, 2.45) is 0 Å². The Balaban J connectivity index is 2.49. The van der Waals surface area contributed by atoms with Gasteiger partial charge in [-0.3, -0.25) is 4.79 Å². The first-order valence-corrected chi connectivity index (χ1v) is 5.11. The van der Waals surface area contributed by atoms with Crippen LogP contribution in [0.15, 0.2) is 28.9 Å². The first kappa shape index (κ1) is 13.1. The van der Waals surface area contributed by atoms with Crippen molar-refractivity contribution < 1.29 is 27.2 Å². The summed E-state index contributed by atoms with van der Waals surface area (Å²) in [6.07, 6.45) is -3.49. The summed E-state index contributed by atoms with van der Waals surface area (Å²) in [6, 6.07) is 3.26. The Morgan fingerprint density at radius 1 is 1.47 bits per heavy atom. The molecule has 19 heavy (non-hydrogen) atoms. The van der Waals surface area contributed by atoms with Crippen molar-refractivity contribution in [1.29, 1.82) is 0 Å². The first-order valence-electron chi connectivity index (χ1n) is 5.11. The number of rotatable bonds is 3. The van der Waals surface area contributed by atoms with Gasteiger partial charge in [0.15, 0.2) is 11.5 Å². The van der Waals surface area contributed by atoms with Gasteiger partial charge < -0.3 is 9.21 Å². The van der Waals surface area contributed by atoms with Crippen LogP contribution in [0.4, 0.5) is 13.2 Å². The lowest BCUT2D eigenvalue weighted by Crippen LogP contribution is -2.21. The Hall–Kier alpha value is -2.38. The van der Waals surface area contributed by atoms with Gasteiger partial charge in [0.05, 0.1) is 12.0 Å². The fraction of sp³-hybridized carbons (Fsp3) is 0.182. The van der Waals surface area contributed by atoms with E-state index in [2.05, 4.69) is 5.10 Å². The Bertz CT molecular complexity index is 599. The van der Waals surface area contributed by atoms with Gasteiger partial charge in [0, 0.05) is 6.42 Å². The zero-order valence-electron chi connectivity index (χ0n) is 9.35. The van der Waals surface area contributed by atoms with Gasteiger partial charge in [0.2, 0.25) is 0 Å². The molecule has 2 heterocycles. The molecule has 0 aliphatic rings. The molecule has 0 radical (unpaired) electrons. The molecular weight excluding hydrogens is 265 g/mol. The number of alkyl halides is 3. The van der Waals surface area contributed by atoms with Crippen molar-refractivity contribution in [2.45, 2.75) is 12.6 Å². The minimum Gasteiger partial charge on any atom is -0.459 e. The summed E-state index contributed by atoms with van der Waals surface area (Å²) in [7, 11) is 0. The predicted octanol–water partition coefficient (Wildman–Crippen LogP) is 1.92. The summed E-state index contributed by atoms with van der Waals surface area (Å²) in [5, 5.41) is 3.48. The fourth-order valence-corrected chi connectivity index (χ4v) is 1.48. The van der Waals surface area contributed by atoms with Gasteiger partial charge >= 0.3 is 12.1 Å². The van der Waals surface area contributed by atoms with Crippen LogP contribution in [0.3, 0.4) is 0 Å². The highest BCUT2D eigenvalue weighted by molar-refractivity contribution is 5.93. The second-order valence-electron chi connectivity index (χ2n) is 3.58. The third-order valence-corrected chi connectivity index (χ3v) is 2.27. The van der Waals surface area contributed by atoms with Crippen LogP contribution < -0.4 is 0 Å². The van der Waals surface area contributed by atoms with Crippen LogP contribution in [-0.2, 0) is 17.4 Å². The van der Waals surface area contributed by atoms with Crippen molar-refractivity contribution in [3.05, 3.63) is 41.6 Å². The maximum atomic E-state index is 12.8. The summed E-state index contributed by atoms with van der Waals surface area (Å²) in [6.45, 7) is 0. The van der Waals surface area contributed by atoms with Gasteiger partial charge in [-0.15, -0.1) is 0 Å². The number of nitrogens with zero attached hydrogens (tertiary/aromatic N) is 2. The van der Waals surface area contributed by atoms with Crippen molar-refractivity contribution in [2.75, 3.05) is 0 Å². The van der Waals surface area contributed by atoms with Gasteiger partial charge in [-0.25, -0.2) is 0 Å². The fourth-order valence-electron chi connectivity index (χ4n) is 1.48. The summed E-state index contributed by atoms with van der Waals surface area (Å²) >= 11 is 0. The van der Waals surface area contributed by atoms with Crippen LogP contribution in [0.2, 0.25) is 0 Å². The van der Waals surface area contributed by atoms with Crippen LogP contribution in [0.5, 0.6) is 0 Å². The molecule has 0 fully saturated rings. The summed E-state index contributed by atoms with van der Waals surface area (Å²) in [5.74, 6) is -1.32. The van der Waals surface area contributed by atoms with E-state index in [1.807, 2.05) is 0 Å². The number of carbonyl (C=O) groups excluding carboxylic acids is 2. The second-order valence-corrected chi connectivity index (χ2v) is 3.58. The van der Waals surface area contributed by atoms with E-state index < -0.39 is 17.8 Å². The smallest absolute Gasteiger partial charge is 0.433 e. The Morgan fingerprint density at radius 3 is 2.74 bits per heavy atom. The highest BCUT2D eigenvalue weighted by Gasteiger charge is 2.38. The molecule has 0 unspecified atom stereocenters. The molecule has 0 aliphatic carbocycles. The number of carbonyl (C=O) groups is 2. The van der Waals surface area contributed by atoms with Gasteiger partial charge in [-0.05, 0) is 18.2 Å². The number of hydrogen-bond donors (Lipinski definition) is 0. The first-order chi connectivity index (χ1) is 8.93. The summed E-state index contributed by atoms with van der Waals surface area (Å²) < 4.78 is 43.2. The molecule has 0 saturated heterocycles. The molecule has 2 aromatic heterocycles. The van der Waals surface area contributed by atoms with Crippen LogP contribution in [0.25, 0.3) is 0 Å². The molecule has 0 aromatic carbocycles. The van der Waals surface area contributed by atoms with E-state index in [4.69, 9.17) is 4.42 Å². The van der Waals surface area contributed by atoms with E-state index in [1.165, 1.54) is 12.1 Å². The maximum absolute atomic E-state index is 12.8. The van der Waals surface area contributed by atoms with E-state index in [-0.39, 0.29) is 22.6 Å². The molecule has 0 atom stereocenters. The molecule has 0 bridgehead atoms. The van der Waals surface area contributed by atoms with Crippen molar-refractivity contribution >= 4 is 12.2 Å². The van der Waals surface area contributed by atoms with Crippen LogP contribution in [0.1, 0.15) is 21.9 Å². The molecule has 0 N–H and O–H groups in total. The molecule has 0 spiro atoms. The molecule has 2 aromatic rings.